The topological polar surface area (TPSA) is 95.8 Å². The zero-order valence-electron chi connectivity index (χ0n) is 23.1. The minimum atomic E-state index is 0.227. The monoisotopic (exact) mass is 525 g/mol. The van der Waals surface area contributed by atoms with E-state index in [0.717, 1.165) is 37.6 Å². The van der Waals surface area contributed by atoms with Gasteiger partial charge in [0.25, 0.3) is 0 Å². The predicted molar refractivity (Wildman–Crippen MR) is 160 cm³/mol. The fourth-order valence-electron chi connectivity index (χ4n) is 4.69. The molecule has 0 bridgehead atoms. The summed E-state index contributed by atoms with van der Waals surface area (Å²) in [6, 6.07) is 21.1. The number of nitrogens with zero attached hydrogens (tertiary/aromatic N) is 6. The smallest absolute Gasteiger partial charge is 0.150 e. The predicted octanol–water partition coefficient (Wildman–Crippen LogP) is 5.57. The molecular formula is C31H39N7O. The molecule has 1 saturated heterocycles. The Morgan fingerprint density at radius 1 is 0.897 bits per heavy atom. The van der Waals surface area contributed by atoms with Gasteiger partial charge in [-0.3, -0.25) is 4.98 Å². The molecule has 5 rings (SSSR count). The third kappa shape index (κ3) is 7.60. The molecule has 0 aliphatic carbocycles. The molecule has 0 unspecified atom stereocenters. The quantitative estimate of drug-likeness (QED) is 0.242. The molecule has 0 spiro atoms. The van der Waals surface area contributed by atoms with Crippen LogP contribution in [-0.2, 0) is 5.54 Å². The van der Waals surface area contributed by atoms with Crippen molar-refractivity contribution in [1.29, 1.82) is 0 Å². The summed E-state index contributed by atoms with van der Waals surface area (Å²) in [6.45, 7) is 10.4. The Hall–Kier alpha value is -4.33. The van der Waals surface area contributed by atoms with Gasteiger partial charge in [0.2, 0.25) is 0 Å². The molecule has 1 aliphatic rings. The number of rotatable bonds is 7. The number of pyridine rings is 1. The maximum atomic E-state index is 9.44. The maximum Gasteiger partial charge on any atom is 0.150 e. The Labute approximate surface area is 231 Å². The molecule has 8 nitrogen and oxygen atoms in total. The Morgan fingerprint density at radius 2 is 1.51 bits per heavy atom. The number of hydrogen-bond acceptors (Lipinski definition) is 6. The van der Waals surface area contributed by atoms with E-state index in [1.54, 1.807) is 18.3 Å². The van der Waals surface area contributed by atoms with E-state index < -0.39 is 0 Å². The van der Waals surface area contributed by atoms with Gasteiger partial charge in [0.15, 0.2) is 0 Å². The number of aromatic nitrogens is 3. The van der Waals surface area contributed by atoms with E-state index in [4.69, 9.17) is 5.73 Å². The number of nitrogens with two attached hydrogens (primary N) is 1. The van der Waals surface area contributed by atoms with Crippen molar-refractivity contribution >= 4 is 22.9 Å². The molecule has 2 aromatic heterocycles. The average molecular weight is 526 g/mol. The summed E-state index contributed by atoms with van der Waals surface area (Å²) in [7, 11) is 0. The van der Waals surface area contributed by atoms with Crippen LogP contribution in [-0.4, -0.2) is 51.7 Å². The SMILES string of the molecule is CCCC(C)(C)n1ccnc1.NC(=Nc1ccc(N2CCN(c3ccc(O)cc3)CC2)cc1)c1ccccn1. The molecule has 0 atom stereocenters. The summed E-state index contributed by atoms with van der Waals surface area (Å²) >= 11 is 0. The van der Waals surface area contributed by atoms with Gasteiger partial charge >= 0.3 is 0 Å². The number of amidine groups is 1. The summed E-state index contributed by atoms with van der Waals surface area (Å²) in [4.78, 5) is 17.4. The summed E-state index contributed by atoms with van der Waals surface area (Å²) in [5.41, 5.74) is 10.1. The van der Waals surface area contributed by atoms with E-state index in [0.29, 0.717) is 17.3 Å². The highest BCUT2D eigenvalue weighted by molar-refractivity contribution is 5.97. The van der Waals surface area contributed by atoms with Crippen LogP contribution in [0.2, 0.25) is 0 Å². The van der Waals surface area contributed by atoms with Crippen molar-refractivity contribution in [2.24, 2.45) is 10.7 Å². The number of phenols is 1. The van der Waals surface area contributed by atoms with E-state index in [9.17, 15) is 5.11 Å². The highest BCUT2D eigenvalue weighted by atomic mass is 16.3. The molecule has 1 aliphatic heterocycles. The number of phenolic OH excluding ortho intramolecular Hbond substituents is 1. The van der Waals surface area contributed by atoms with Crippen LogP contribution in [0.25, 0.3) is 0 Å². The highest BCUT2D eigenvalue weighted by Crippen LogP contribution is 2.24. The molecule has 39 heavy (non-hydrogen) atoms. The Balaban J connectivity index is 0.000000270. The molecule has 3 heterocycles. The second-order valence-electron chi connectivity index (χ2n) is 10.3. The van der Waals surface area contributed by atoms with Crippen molar-refractivity contribution in [2.75, 3.05) is 36.0 Å². The van der Waals surface area contributed by atoms with Gasteiger partial charge in [-0.15, -0.1) is 0 Å². The van der Waals surface area contributed by atoms with Crippen LogP contribution in [0.15, 0.2) is 96.6 Å². The molecule has 4 aromatic rings. The largest absolute Gasteiger partial charge is 0.508 e. The van der Waals surface area contributed by atoms with Crippen LogP contribution in [0.4, 0.5) is 17.1 Å². The first kappa shape index (κ1) is 27.7. The number of anilines is 2. The standard InChI is InChI=1S/C22H23N5O.C9H16N2/c23-22(21-3-1-2-12-24-21)25-17-4-6-18(7-5-17)26-13-15-27(16-14-26)19-8-10-20(28)11-9-19;1-4-5-9(2,3)11-7-6-10-8-11/h1-12,28H,13-16H2,(H2,23,25);6-8H,4-5H2,1-3H3. The van der Waals surface area contributed by atoms with Gasteiger partial charge in [-0.2, -0.15) is 0 Å². The van der Waals surface area contributed by atoms with E-state index in [1.807, 2.05) is 61.2 Å². The van der Waals surface area contributed by atoms with Crippen LogP contribution < -0.4 is 15.5 Å². The average Bonchev–Trinajstić information content (AvgIpc) is 3.52. The number of aromatic hydroxyl groups is 1. The molecule has 8 heteroatoms. The van der Waals surface area contributed by atoms with Crippen molar-refractivity contribution in [3.63, 3.8) is 0 Å². The molecule has 0 radical (unpaired) electrons. The van der Waals surface area contributed by atoms with E-state index in [1.165, 1.54) is 18.5 Å². The molecule has 204 valence electrons. The number of piperazine rings is 1. The fraction of sp³-hybridized carbons (Fsp3) is 0.323. The van der Waals surface area contributed by atoms with Gasteiger partial charge in [-0.05, 0) is 80.9 Å². The van der Waals surface area contributed by atoms with Crippen LogP contribution in [0.3, 0.4) is 0 Å². The second kappa shape index (κ2) is 13.0. The zero-order chi connectivity index (χ0) is 27.7. The molecule has 3 N–H and O–H groups in total. The minimum absolute atomic E-state index is 0.227. The number of benzene rings is 2. The Morgan fingerprint density at radius 3 is 2.03 bits per heavy atom. The maximum absolute atomic E-state index is 9.44. The highest BCUT2D eigenvalue weighted by Gasteiger charge is 2.18. The third-order valence-electron chi connectivity index (χ3n) is 6.95. The van der Waals surface area contributed by atoms with Crippen LogP contribution in [0, 0.1) is 0 Å². The van der Waals surface area contributed by atoms with E-state index >= 15 is 0 Å². The molecule has 0 saturated carbocycles. The summed E-state index contributed by atoms with van der Waals surface area (Å²) in [5.74, 6) is 0.713. The normalized spacial score (nSPS) is 14.1. The van der Waals surface area contributed by atoms with Crippen molar-refractivity contribution in [3.8, 4) is 5.75 Å². The van der Waals surface area contributed by atoms with E-state index in [-0.39, 0.29) is 5.54 Å². The van der Waals surface area contributed by atoms with Crippen molar-refractivity contribution in [1.82, 2.24) is 14.5 Å². The number of imidazole rings is 1. The second-order valence-corrected chi connectivity index (χ2v) is 10.3. The van der Waals surface area contributed by atoms with E-state index in [2.05, 4.69) is 62.2 Å². The van der Waals surface area contributed by atoms with Gasteiger partial charge in [-0.25, -0.2) is 9.98 Å². The minimum Gasteiger partial charge on any atom is -0.508 e. The van der Waals surface area contributed by atoms with Crippen molar-refractivity contribution < 1.29 is 5.11 Å². The van der Waals surface area contributed by atoms with Crippen LogP contribution in [0.5, 0.6) is 5.75 Å². The lowest BCUT2D eigenvalue weighted by Crippen LogP contribution is -2.46. The third-order valence-corrected chi connectivity index (χ3v) is 6.95. The van der Waals surface area contributed by atoms with Crippen LogP contribution >= 0.6 is 0 Å². The van der Waals surface area contributed by atoms with Gasteiger partial charge in [0.05, 0.1) is 12.0 Å². The van der Waals surface area contributed by atoms with Gasteiger partial charge in [-0.1, -0.05) is 19.4 Å². The Bertz CT molecular complexity index is 1290. The molecule has 1 fully saturated rings. The summed E-state index contributed by atoms with van der Waals surface area (Å²) in [5, 5.41) is 9.44. The van der Waals surface area contributed by atoms with Crippen LogP contribution in [0.1, 0.15) is 39.3 Å². The fourth-order valence-corrected chi connectivity index (χ4v) is 4.69. The molecule has 0 amide bonds. The number of aliphatic imine (C=N–C) groups is 1. The van der Waals surface area contributed by atoms with Crippen molar-refractivity contribution in [3.05, 3.63) is 97.3 Å². The van der Waals surface area contributed by atoms with Gasteiger partial charge < -0.3 is 25.2 Å². The zero-order valence-corrected chi connectivity index (χ0v) is 23.1. The van der Waals surface area contributed by atoms with Gasteiger partial charge in [0.1, 0.15) is 17.3 Å². The summed E-state index contributed by atoms with van der Waals surface area (Å²) in [6.07, 6.45) is 9.86. The van der Waals surface area contributed by atoms with Gasteiger partial charge in [0, 0.05) is 61.7 Å². The lowest BCUT2D eigenvalue weighted by Gasteiger charge is -2.37. The molecule has 2 aromatic carbocycles. The van der Waals surface area contributed by atoms with Crippen molar-refractivity contribution in [2.45, 2.75) is 39.2 Å². The molecular weight excluding hydrogens is 486 g/mol. The first-order chi connectivity index (χ1) is 18.9. The number of hydrogen-bond donors (Lipinski definition) is 2. The lowest BCUT2D eigenvalue weighted by molar-refractivity contribution is 0.324. The summed E-state index contributed by atoms with van der Waals surface area (Å²) < 4.78 is 2.16. The first-order valence-electron chi connectivity index (χ1n) is 13.5. The Kier molecular flexibility index (Phi) is 9.20. The lowest BCUT2D eigenvalue weighted by atomic mass is 9.99. The first-order valence-corrected chi connectivity index (χ1v) is 13.5.